The van der Waals surface area contributed by atoms with Crippen LogP contribution in [-0.4, -0.2) is 67.7 Å². The van der Waals surface area contributed by atoms with E-state index in [2.05, 4.69) is 0 Å². The van der Waals surface area contributed by atoms with Crippen molar-refractivity contribution in [2.24, 2.45) is 0 Å². The lowest BCUT2D eigenvalue weighted by atomic mass is 10.1. The summed E-state index contributed by atoms with van der Waals surface area (Å²) in [7, 11) is -3.39. The minimum absolute atomic E-state index is 0.0400. The van der Waals surface area contributed by atoms with Crippen LogP contribution in [0.25, 0.3) is 0 Å². The van der Waals surface area contributed by atoms with Crippen LogP contribution in [0.1, 0.15) is 36.5 Å². The molecule has 0 saturated carbocycles. The molecule has 0 bridgehead atoms. The standard InChI is InChI=1S/C18H24Cl2N2O4S/c1-2-3-4-12-27(25,26)13-16(23)21-8-10-22(11-9-21)18(24)14-6-5-7-15(19)17(14)20/h5-7H,2-4,8-13H2,1H3. The van der Waals surface area contributed by atoms with Gasteiger partial charge in [-0.15, -0.1) is 0 Å². The number of benzene rings is 1. The summed E-state index contributed by atoms with van der Waals surface area (Å²) in [5, 5.41) is 0.519. The van der Waals surface area contributed by atoms with Gasteiger partial charge >= 0.3 is 0 Å². The van der Waals surface area contributed by atoms with Gasteiger partial charge in [0.15, 0.2) is 9.84 Å². The monoisotopic (exact) mass is 434 g/mol. The van der Waals surface area contributed by atoms with Gasteiger partial charge in [0.2, 0.25) is 5.91 Å². The van der Waals surface area contributed by atoms with E-state index < -0.39 is 21.5 Å². The van der Waals surface area contributed by atoms with Crippen molar-refractivity contribution < 1.29 is 18.0 Å². The van der Waals surface area contributed by atoms with Gasteiger partial charge in [-0.3, -0.25) is 9.59 Å². The van der Waals surface area contributed by atoms with E-state index >= 15 is 0 Å². The molecule has 1 aliphatic rings. The smallest absolute Gasteiger partial charge is 0.255 e. The van der Waals surface area contributed by atoms with Crippen molar-refractivity contribution in [3.63, 3.8) is 0 Å². The molecule has 2 rings (SSSR count). The number of halogens is 2. The molecule has 1 heterocycles. The number of sulfone groups is 1. The van der Waals surface area contributed by atoms with E-state index in [4.69, 9.17) is 23.2 Å². The summed E-state index contributed by atoms with van der Waals surface area (Å²) in [4.78, 5) is 28.0. The second-order valence-corrected chi connectivity index (χ2v) is 9.54. The lowest BCUT2D eigenvalue weighted by Gasteiger charge is -2.35. The maximum Gasteiger partial charge on any atom is 0.255 e. The summed E-state index contributed by atoms with van der Waals surface area (Å²) in [6.45, 7) is 3.24. The Bertz CT molecular complexity index is 791. The highest BCUT2D eigenvalue weighted by Crippen LogP contribution is 2.26. The van der Waals surface area contributed by atoms with Crippen LogP contribution in [0.2, 0.25) is 10.0 Å². The molecule has 9 heteroatoms. The van der Waals surface area contributed by atoms with Crippen LogP contribution in [0.4, 0.5) is 0 Å². The topological polar surface area (TPSA) is 74.8 Å². The first-order valence-electron chi connectivity index (χ1n) is 8.96. The average molecular weight is 435 g/mol. The van der Waals surface area contributed by atoms with Gasteiger partial charge in [0.1, 0.15) is 5.75 Å². The number of amides is 2. The first-order chi connectivity index (χ1) is 12.7. The van der Waals surface area contributed by atoms with E-state index in [-0.39, 0.29) is 16.7 Å². The maximum atomic E-state index is 12.6. The van der Waals surface area contributed by atoms with E-state index in [1.54, 1.807) is 23.1 Å². The predicted molar refractivity (Wildman–Crippen MR) is 107 cm³/mol. The summed E-state index contributed by atoms with van der Waals surface area (Å²) in [5.41, 5.74) is 0.322. The molecule has 0 radical (unpaired) electrons. The van der Waals surface area contributed by atoms with Crippen LogP contribution < -0.4 is 0 Å². The van der Waals surface area contributed by atoms with Gasteiger partial charge < -0.3 is 9.80 Å². The third-order valence-corrected chi connectivity index (χ3v) is 6.92. The molecule has 1 saturated heterocycles. The molecule has 150 valence electrons. The molecule has 0 spiro atoms. The van der Waals surface area contributed by atoms with Gasteiger partial charge in [0, 0.05) is 26.2 Å². The Balaban J connectivity index is 1.90. The van der Waals surface area contributed by atoms with Crippen molar-refractivity contribution in [3.8, 4) is 0 Å². The van der Waals surface area contributed by atoms with E-state index in [0.717, 1.165) is 12.8 Å². The van der Waals surface area contributed by atoms with Crippen molar-refractivity contribution >= 4 is 44.9 Å². The Kier molecular flexibility index (Phi) is 7.94. The zero-order valence-corrected chi connectivity index (χ0v) is 17.6. The Morgan fingerprint density at radius 2 is 1.67 bits per heavy atom. The second kappa shape index (κ2) is 9.75. The first kappa shape index (κ1) is 22.0. The summed E-state index contributed by atoms with van der Waals surface area (Å²) in [6.07, 6.45) is 2.34. The number of carbonyl (C=O) groups is 2. The average Bonchev–Trinajstić information content (AvgIpc) is 2.63. The van der Waals surface area contributed by atoms with Crippen molar-refractivity contribution in [1.29, 1.82) is 0 Å². The zero-order chi connectivity index (χ0) is 20.0. The van der Waals surface area contributed by atoms with Crippen molar-refractivity contribution in [2.75, 3.05) is 37.7 Å². The number of hydrogen-bond donors (Lipinski definition) is 0. The molecule has 0 unspecified atom stereocenters. The molecular formula is C18H24Cl2N2O4S. The summed E-state index contributed by atoms with van der Waals surface area (Å²) < 4.78 is 24.1. The fraction of sp³-hybridized carbons (Fsp3) is 0.556. The van der Waals surface area contributed by atoms with E-state index in [9.17, 15) is 18.0 Å². The number of unbranched alkanes of at least 4 members (excludes halogenated alkanes) is 2. The number of piperazine rings is 1. The molecule has 0 atom stereocenters. The van der Waals surface area contributed by atoms with Crippen LogP contribution in [0, 0.1) is 0 Å². The SMILES string of the molecule is CCCCCS(=O)(=O)CC(=O)N1CCN(C(=O)c2cccc(Cl)c2Cl)CC1. The third-order valence-electron chi connectivity index (χ3n) is 4.50. The Labute approximate surface area is 170 Å². The normalized spacial score (nSPS) is 15.1. The zero-order valence-electron chi connectivity index (χ0n) is 15.3. The molecule has 1 aromatic rings. The van der Waals surface area contributed by atoms with Crippen molar-refractivity contribution in [1.82, 2.24) is 9.80 Å². The van der Waals surface area contributed by atoms with Gasteiger partial charge in [-0.25, -0.2) is 8.42 Å². The fourth-order valence-electron chi connectivity index (χ4n) is 2.92. The van der Waals surface area contributed by atoms with Gasteiger partial charge in [0.25, 0.3) is 5.91 Å². The van der Waals surface area contributed by atoms with Crippen LogP contribution in [0.5, 0.6) is 0 Å². The largest absolute Gasteiger partial charge is 0.338 e. The predicted octanol–water partition coefficient (Wildman–Crippen LogP) is 2.88. The first-order valence-corrected chi connectivity index (χ1v) is 11.5. The lowest BCUT2D eigenvalue weighted by Crippen LogP contribution is -2.51. The van der Waals surface area contributed by atoms with Gasteiger partial charge in [-0.2, -0.15) is 0 Å². The van der Waals surface area contributed by atoms with E-state index in [1.165, 1.54) is 4.90 Å². The molecule has 0 aromatic heterocycles. The molecule has 6 nitrogen and oxygen atoms in total. The molecule has 1 fully saturated rings. The molecule has 2 amide bonds. The highest BCUT2D eigenvalue weighted by Gasteiger charge is 2.28. The maximum absolute atomic E-state index is 12.6. The molecular weight excluding hydrogens is 411 g/mol. The Morgan fingerprint density at radius 3 is 2.30 bits per heavy atom. The van der Waals surface area contributed by atoms with Gasteiger partial charge in [-0.1, -0.05) is 49.0 Å². The second-order valence-electron chi connectivity index (χ2n) is 6.57. The van der Waals surface area contributed by atoms with Gasteiger partial charge in [-0.05, 0) is 18.6 Å². The quantitative estimate of drug-likeness (QED) is 0.618. The molecule has 0 N–H and O–H groups in total. The molecule has 1 aromatic carbocycles. The van der Waals surface area contributed by atoms with Crippen LogP contribution >= 0.6 is 23.2 Å². The Hall–Kier alpha value is -1.31. The van der Waals surface area contributed by atoms with Gasteiger partial charge in [0.05, 0.1) is 21.4 Å². The Morgan fingerprint density at radius 1 is 1.04 bits per heavy atom. The molecule has 1 aliphatic heterocycles. The van der Waals surface area contributed by atoms with Crippen molar-refractivity contribution in [2.45, 2.75) is 26.2 Å². The van der Waals surface area contributed by atoms with Crippen LogP contribution in [0.15, 0.2) is 18.2 Å². The highest BCUT2D eigenvalue weighted by molar-refractivity contribution is 7.92. The minimum atomic E-state index is -3.39. The number of nitrogens with zero attached hydrogens (tertiary/aromatic N) is 2. The highest BCUT2D eigenvalue weighted by atomic mass is 35.5. The lowest BCUT2D eigenvalue weighted by molar-refractivity contribution is -0.129. The summed E-state index contributed by atoms with van der Waals surface area (Å²) >= 11 is 12.1. The van der Waals surface area contributed by atoms with Crippen LogP contribution in [-0.2, 0) is 14.6 Å². The number of rotatable bonds is 7. The molecule has 0 aliphatic carbocycles. The van der Waals surface area contributed by atoms with Crippen molar-refractivity contribution in [3.05, 3.63) is 33.8 Å². The summed E-state index contributed by atoms with van der Waals surface area (Å²) in [5.74, 6) is -1.08. The summed E-state index contributed by atoms with van der Waals surface area (Å²) in [6, 6.07) is 4.87. The van der Waals surface area contributed by atoms with E-state index in [1.807, 2.05) is 6.92 Å². The van der Waals surface area contributed by atoms with Crippen LogP contribution in [0.3, 0.4) is 0 Å². The fourth-order valence-corrected chi connectivity index (χ4v) is 4.65. The third kappa shape index (κ3) is 6.09. The number of carbonyl (C=O) groups excluding carboxylic acids is 2. The minimum Gasteiger partial charge on any atom is -0.338 e. The number of hydrogen-bond acceptors (Lipinski definition) is 4. The molecule has 27 heavy (non-hydrogen) atoms. The van der Waals surface area contributed by atoms with E-state index in [0.29, 0.717) is 43.2 Å².